The number of aliphatic imine (C=N–C) groups is 1. The SMILES string of the molecule is CN=C(NCc1cccc(F)c1)NCc1cccc(NC(=O)CC(C)C)c1. The van der Waals surface area contributed by atoms with E-state index in [-0.39, 0.29) is 11.7 Å². The van der Waals surface area contributed by atoms with E-state index in [0.717, 1.165) is 16.8 Å². The highest BCUT2D eigenvalue weighted by atomic mass is 19.1. The molecule has 2 aromatic carbocycles. The molecule has 144 valence electrons. The number of halogens is 1. The number of nitrogens with one attached hydrogen (secondary N) is 3. The molecule has 0 aliphatic rings. The number of benzene rings is 2. The van der Waals surface area contributed by atoms with Crippen LogP contribution in [0.25, 0.3) is 0 Å². The summed E-state index contributed by atoms with van der Waals surface area (Å²) in [5.41, 5.74) is 2.64. The molecule has 2 rings (SSSR count). The number of rotatable bonds is 7. The molecule has 5 nitrogen and oxygen atoms in total. The third kappa shape index (κ3) is 7.48. The highest BCUT2D eigenvalue weighted by Crippen LogP contribution is 2.12. The molecule has 0 aliphatic carbocycles. The molecule has 0 spiro atoms. The number of carbonyl (C=O) groups is 1. The van der Waals surface area contributed by atoms with Crippen molar-refractivity contribution in [3.05, 3.63) is 65.5 Å². The molecule has 0 atom stereocenters. The highest BCUT2D eigenvalue weighted by Gasteiger charge is 2.06. The second kappa shape index (κ2) is 10.3. The fourth-order valence-electron chi connectivity index (χ4n) is 2.58. The van der Waals surface area contributed by atoms with Gasteiger partial charge in [-0.2, -0.15) is 0 Å². The predicted octanol–water partition coefficient (Wildman–Crippen LogP) is 3.68. The van der Waals surface area contributed by atoms with Crippen LogP contribution in [0.5, 0.6) is 0 Å². The third-order valence-corrected chi connectivity index (χ3v) is 3.84. The molecule has 6 heteroatoms. The van der Waals surface area contributed by atoms with E-state index in [4.69, 9.17) is 0 Å². The van der Waals surface area contributed by atoms with Gasteiger partial charge in [-0.05, 0) is 41.3 Å². The molecule has 0 unspecified atom stereocenters. The quantitative estimate of drug-likeness (QED) is 0.515. The molecule has 0 aromatic heterocycles. The first-order chi connectivity index (χ1) is 13.0. The van der Waals surface area contributed by atoms with Gasteiger partial charge in [0.2, 0.25) is 5.91 Å². The van der Waals surface area contributed by atoms with Crippen LogP contribution in [0.2, 0.25) is 0 Å². The molecule has 1 amide bonds. The van der Waals surface area contributed by atoms with Gasteiger partial charge < -0.3 is 16.0 Å². The zero-order valence-electron chi connectivity index (χ0n) is 16.1. The summed E-state index contributed by atoms with van der Waals surface area (Å²) in [7, 11) is 1.68. The van der Waals surface area contributed by atoms with E-state index >= 15 is 0 Å². The van der Waals surface area contributed by atoms with E-state index in [1.54, 1.807) is 13.1 Å². The first-order valence-electron chi connectivity index (χ1n) is 9.04. The van der Waals surface area contributed by atoms with E-state index < -0.39 is 0 Å². The minimum absolute atomic E-state index is 0.0164. The average molecular weight is 370 g/mol. The van der Waals surface area contributed by atoms with Crippen LogP contribution < -0.4 is 16.0 Å². The number of hydrogen-bond donors (Lipinski definition) is 3. The van der Waals surface area contributed by atoms with Crippen LogP contribution in [0.4, 0.5) is 10.1 Å². The first-order valence-corrected chi connectivity index (χ1v) is 9.04. The number of nitrogens with zero attached hydrogens (tertiary/aromatic N) is 1. The Balaban J connectivity index is 1.87. The Kier molecular flexibility index (Phi) is 7.79. The lowest BCUT2D eigenvalue weighted by atomic mass is 10.1. The van der Waals surface area contributed by atoms with Gasteiger partial charge in [0.25, 0.3) is 0 Å². The molecule has 0 bridgehead atoms. The molecular formula is C21H27FN4O. The fourth-order valence-corrected chi connectivity index (χ4v) is 2.58. The van der Waals surface area contributed by atoms with Gasteiger partial charge in [0.15, 0.2) is 5.96 Å². The Hall–Kier alpha value is -2.89. The lowest BCUT2D eigenvalue weighted by Gasteiger charge is -2.13. The predicted molar refractivity (Wildman–Crippen MR) is 108 cm³/mol. The molecule has 3 N–H and O–H groups in total. The molecule has 0 saturated carbocycles. The van der Waals surface area contributed by atoms with Gasteiger partial charge in [0.1, 0.15) is 5.82 Å². The van der Waals surface area contributed by atoms with Crippen LogP contribution in [-0.2, 0) is 17.9 Å². The summed E-state index contributed by atoms with van der Waals surface area (Å²) >= 11 is 0. The van der Waals surface area contributed by atoms with Gasteiger partial charge in [0.05, 0.1) is 0 Å². The van der Waals surface area contributed by atoms with Crippen molar-refractivity contribution in [2.75, 3.05) is 12.4 Å². The Morgan fingerprint density at radius 1 is 1.04 bits per heavy atom. The van der Waals surface area contributed by atoms with Crippen LogP contribution in [0.3, 0.4) is 0 Å². The normalized spacial score (nSPS) is 11.4. The molecule has 0 saturated heterocycles. The van der Waals surface area contributed by atoms with E-state index in [1.165, 1.54) is 12.1 Å². The van der Waals surface area contributed by atoms with Crippen molar-refractivity contribution in [3.63, 3.8) is 0 Å². The lowest BCUT2D eigenvalue weighted by Crippen LogP contribution is -2.36. The summed E-state index contributed by atoms with van der Waals surface area (Å²) in [5.74, 6) is 0.701. The van der Waals surface area contributed by atoms with Crippen molar-refractivity contribution in [1.82, 2.24) is 10.6 Å². The number of amides is 1. The minimum atomic E-state index is -0.256. The van der Waals surface area contributed by atoms with Gasteiger partial charge in [-0.25, -0.2) is 4.39 Å². The van der Waals surface area contributed by atoms with Gasteiger partial charge in [0, 0.05) is 32.2 Å². The number of guanidine groups is 1. The van der Waals surface area contributed by atoms with E-state index in [2.05, 4.69) is 20.9 Å². The van der Waals surface area contributed by atoms with Crippen molar-refractivity contribution < 1.29 is 9.18 Å². The second-order valence-electron chi connectivity index (χ2n) is 6.76. The Bertz CT molecular complexity index is 789. The van der Waals surface area contributed by atoms with Gasteiger partial charge in [-0.3, -0.25) is 9.79 Å². The van der Waals surface area contributed by atoms with Gasteiger partial charge in [-0.1, -0.05) is 38.1 Å². The molecule has 0 radical (unpaired) electrons. The van der Waals surface area contributed by atoms with Crippen molar-refractivity contribution in [2.45, 2.75) is 33.4 Å². The highest BCUT2D eigenvalue weighted by molar-refractivity contribution is 5.90. The maximum atomic E-state index is 13.2. The Morgan fingerprint density at radius 3 is 2.26 bits per heavy atom. The van der Waals surface area contributed by atoms with Gasteiger partial charge >= 0.3 is 0 Å². The molecule has 2 aromatic rings. The maximum absolute atomic E-state index is 13.2. The van der Waals surface area contributed by atoms with E-state index in [1.807, 2.05) is 44.2 Å². The van der Waals surface area contributed by atoms with E-state index in [0.29, 0.717) is 31.4 Å². The van der Waals surface area contributed by atoms with Crippen LogP contribution in [0.1, 0.15) is 31.4 Å². The molecule has 0 fully saturated rings. The van der Waals surface area contributed by atoms with Crippen LogP contribution in [0, 0.1) is 11.7 Å². The molecular weight excluding hydrogens is 343 g/mol. The number of carbonyl (C=O) groups excluding carboxylic acids is 1. The number of anilines is 1. The smallest absolute Gasteiger partial charge is 0.224 e. The van der Waals surface area contributed by atoms with Crippen molar-refractivity contribution >= 4 is 17.6 Å². The lowest BCUT2D eigenvalue weighted by molar-refractivity contribution is -0.116. The van der Waals surface area contributed by atoms with Crippen LogP contribution in [-0.4, -0.2) is 18.9 Å². The molecule has 27 heavy (non-hydrogen) atoms. The molecule has 0 aliphatic heterocycles. The maximum Gasteiger partial charge on any atom is 0.224 e. The fraction of sp³-hybridized carbons (Fsp3) is 0.333. The zero-order chi connectivity index (χ0) is 19.6. The van der Waals surface area contributed by atoms with Crippen molar-refractivity contribution in [3.8, 4) is 0 Å². The summed E-state index contributed by atoms with van der Waals surface area (Å²) in [5, 5.41) is 9.29. The Morgan fingerprint density at radius 2 is 1.67 bits per heavy atom. The third-order valence-electron chi connectivity index (χ3n) is 3.84. The summed E-state index contributed by atoms with van der Waals surface area (Å²) in [6.07, 6.45) is 0.499. The Labute approximate surface area is 160 Å². The topological polar surface area (TPSA) is 65.5 Å². The summed E-state index contributed by atoms with van der Waals surface area (Å²) in [6, 6.07) is 14.1. The van der Waals surface area contributed by atoms with Crippen LogP contribution >= 0.6 is 0 Å². The van der Waals surface area contributed by atoms with E-state index in [9.17, 15) is 9.18 Å². The summed E-state index contributed by atoms with van der Waals surface area (Å²) in [4.78, 5) is 16.1. The second-order valence-corrected chi connectivity index (χ2v) is 6.76. The zero-order valence-corrected chi connectivity index (χ0v) is 16.1. The van der Waals surface area contributed by atoms with Crippen LogP contribution in [0.15, 0.2) is 53.5 Å². The molecule has 0 heterocycles. The average Bonchev–Trinajstić information content (AvgIpc) is 2.61. The minimum Gasteiger partial charge on any atom is -0.352 e. The summed E-state index contributed by atoms with van der Waals surface area (Å²) in [6.45, 7) is 5.06. The standard InChI is InChI=1S/C21H27FN4O/c1-15(2)10-20(27)26-19-9-5-7-17(12-19)14-25-21(23-3)24-13-16-6-4-8-18(22)11-16/h4-9,11-12,15H,10,13-14H2,1-3H3,(H,26,27)(H2,23,24,25). The largest absolute Gasteiger partial charge is 0.352 e. The number of hydrogen-bond acceptors (Lipinski definition) is 2. The van der Waals surface area contributed by atoms with Gasteiger partial charge in [-0.15, -0.1) is 0 Å². The monoisotopic (exact) mass is 370 g/mol. The summed E-state index contributed by atoms with van der Waals surface area (Å²) < 4.78 is 13.2. The first kappa shape index (κ1) is 20.4. The van der Waals surface area contributed by atoms with Crippen molar-refractivity contribution in [1.29, 1.82) is 0 Å². The van der Waals surface area contributed by atoms with Crippen molar-refractivity contribution in [2.24, 2.45) is 10.9 Å².